The third-order valence-corrected chi connectivity index (χ3v) is 5.37. The Balaban J connectivity index is 1.21. The van der Waals surface area contributed by atoms with Crippen LogP contribution in [0.15, 0.2) is 47.3 Å². The third kappa shape index (κ3) is 3.93. The quantitative estimate of drug-likeness (QED) is 0.643. The van der Waals surface area contributed by atoms with Crippen molar-refractivity contribution in [3.63, 3.8) is 0 Å². The number of nitrogens with zero attached hydrogens (tertiary/aromatic N) is 2. The van der Waals surface area contributed by atoms with Gasteiger partial charge in [0.2, 0.25) is 5.91 Å². The molecule has 2 N–H and O–H groups in total. The molecule has 0 radical (unpaired) electrons. The zero-order valence-electron chi connectivity index (χ0n) is 15.7. The summed E-state index contributed by atoms with van der Waals surface area (Å²) in [5, 5.41) is 3.95. The molecule has 3 aromatic rings. The topological polar surface area (TPSA) is 91.2 Å². The minimum Gasteiger partial charge on any atom is -0.459 e. The van der Waals surface area contributed by atoms with E-state index in [0.717, 1.165) is 31.6 Å². The Labute approximate surface area is 163 Å². The second-order valence-electron chi connectivity index (χ2n) is 7.14. The molecule has 1 aliphatic heterocycles. The number of piperidine rings is 1. The van der Waals surface area contributed by atoms with Crippen LogP contribution < -0.4 is 5.32 Å². The molecule has 146 valence electrons. The lowest BCUT2D eigenvalue weighted by Gasteiger charge is -2.32. The number of H-pyrrole nitrogens is 1. The molecule has 0 atom stereocenters. The van der Waals surface area contributed by atoms with Crippen molar-refractivity contribution in [1.82, 2.24) is 20.2 Å². The zero-order chi connectivity index (χ0) is 19.3. The fraction of sp³-hybridized carbons (Fsp3) is 0.381. The fourth-order valence-electron chi connectivity index (χ4n) is 3.85. The van der Waals surface area contributed by atoms with Gasteiger partial charge in [-0.3, -0.25) is 9.59 Å². The highest BCUT2D eigenvalue weighted by molar-refractivity contribution is 5.91. The number of amides is 2. The van der Waals surface area contributed by atoms with Crippen LogP contribution >= 0.6 is 0 Å². The third-order valence-electron chi connectivity index (χ3n) is 5.37. The monoisotopic (exact) mass is 380 g/mol. The predicted octanol–water partition coefficient (Wildman–Crippen LogP) is 3.07. The number of aromatic nitrogens is 2. The number of aromatic amines is 1. The van der Waals surface area contributed by atoms with Crippen molar-refractivity contribution in [3.05, 3.63) is 54.2 Å². The first kappa shape index (κ1) is 18.3. The number of likely N-dealkylation sites (tertiary alicyclic amines) is 1. The molecule has 7 heteroatoms. The van der Waals surface area contributed by atoms with Crippen molar-refractivity contribution in [2.24, 2.45) is 0 Å². The Kier molecular flexibility index (Phi) is 5.41. The van der Waals surface area contributed by atoms with Crippen molar-refractivity contribution in [2.75, 3.05) is 19.6 Å². The van der Waals surface area contributed by atoms with E-state index in [9.17, 15) is 9.59 Å². The van der Waals surface area contributed by atoms with Gasteiger partial charge in [-0.1, -0.05) is 0 Å². The number of fused-ring (bicyclic) bond motifs is 1. The number of hydrogen-bond acceptors (Lipinski definition) is 4. The minimum atomic E-state index is -0.244. The molecule has 4 heterocycles. The molecular formula is C21H24N4O3. The molecule has 0 unspecified atom stereocenters. The van der Waals surface area contributed by atoms with Crippen LogP contribution in [0.5, 0.6) is 0 Å². The number of pyridine rings is 1. The molecule has 1 aliphatic rings. The summed E-state index contributed by atoms with van der Waals surface area (Å²) in [6, 6.07) is 7.36. The van der Waals surface area contributed by atoms with Gasteiger partial charge in [-0.05, 0) is 55.0 Å². The van der Waals surface area contributed by atoms with Gasteiger partial charge in [0.25, 0.3) is 5.91 Å². The van der Waals surface area contributed by atoms with E-state index < -0.39 is 0 Å². The van der Waals surface area contributed by atoms with Crippen LogP contribution in [0.1, 0.15) is 47.7 Å². The van der Waals surface area contributed by atoms with Gasteiger partial charge in [0.15, 0.2) is 5.76 Å². The summed E-state index contributed by atoms with van der Waals surface area (Å²) >= 11 is 0. The predicted molar refractivity (Wildman–Crippen MR) is 105 cm³/mol. The molecule has 0 aliphatic carbocycles. The van der Waals surface area contributed by atoms with Crippen molar-refractivity contribution < 1.29 is 14.0 Å². The van der Waals surface area contributed by atoms with E-state index in [1.807, 2.05) is 11.0 Å². The maximum Gasteiger partial charge on any atom is 0.286 e. The molecule has 0 saturated carbocycles. The molecule has 2 amide bonds. The number of carbonyl (C=O) groups is 2. The van der Waals surface area contributed by atoms with Crippen LogP contribution in [0.4, 0.5) is 0 Å². The van der Waals surface area contributed by atoms with E-state index in [0.29, 0.717) is 31.1 Å². The molecule has 1 saturated heterocycles. The van der Waals surface area contributed by atoms with Crippen molar-refractivity contribution in [3.8, 4) is 0 Å². The zero-order valence-corrected chi connectivity index (χ0v) is 15.7. The Morgan fingerprint density at radius 3 is 2.89 bits per heavy atom. The van der Waals surface area contributed by atoms with Gasteiger partial charge in [-0.2, -0.15) is 0 Å². The first-order chi connectivity index (χ1) is 13.7. The summed E-state index contributed by atoms with van der Waals surface area (Å²) in [4.78, 5) is 33.8. The first-order valence-corrected chi connectivity index (χ1v) is 9.74. The molecule has 28 heavy (non-hydrogen) atoms. The fourth-order valence-corrected chi connectivity index (χ4v) is 3.85. The second-order valence-corrected chi connectivity index (χ2v) is 7.14. The van der Waals surface area contributed by atoms with Gasteiger partial charge in [-0.15, -0.1) is 0 Å². The summed E-state index contributed by atoms with van der Waals surface area (Å²) in [5.41, 5.74) is 2.23. The lowest BCUT2D eigenvalue weighted by atomic mass is 9.89. The second kappa shape index (κ2) is 8.29. The van der Waals surface area contributed by atoms with E-state index in [-0.39, 0.29) is 11.8 Å². The summed E-state index contributed by atoms with van der Waals surface area (Å²) < 4.78 is 5.04. The average molecular weight is 380 g/mol. The number of carbonyl (C=O) groups excluding carboxylic acids is 2. The Hall–Kier alpha value is -3.09. The van der Waals surface area contributed by atoms with Crippen LogP contribution in [0.3, 0.4) is 0 Å². The van der Waals surface area contributed by atoms with Gasteiger partial charge in [-0.25, -0.2) is 4.98 Å². The van der Waals surface area contributed by atoms with Gasteiger partial charge in [0.1, 0.15) is 5.65 Å². The molecule has 0 bridgehead atoms. The summed E-state index contributed by atoms with van der Waals surface area (Å²) in [7, 11) is 0. The van der Waals surface area contributed by atoms with E-state index >= 15 is 0 Å². The number of nitrogens with one attached hydrogen (secondary N) is 2. The Morgan fingerprint density at radius 1 is 1.25 bits per heavy atom. The number of hydrogen-bond donors (Lipinski definition) is 2. The maximum atomic E-state index is 12.5. The molecule has 0 spiro atoms. The van der Waals surface area contributed by atoms with Crippen LogP contribution in [0, 0.1) is 0 Å². The molecular weight excluding hydrogens is 356 g/mol. The number of furan rings is 1. The van der Waals surface area contributed by atoms with Crippen molar-refractivity contribution in [1.29, 1.82) is 0 Å². The SMILES string of the molecule is O=C(NCCCC(=O)N1CCC(c2c[nH]c3ncccc23)CC1)c1ccco1. The normalized spacial score (nSPS) is 15.1. The summed E-state index contributed by atoms with van der Waals surface area (Å²) in [5.74, 6) is 0.660. The molecule has 7 nitrogen and oxygen atoms in total. The Morgan fingerprint density at radius 2 is 2.11 bits per heavy atom. The minimum absolute atomic E-state index is 0.159. The van der Waals surface area contributed by atoms with E-state index in [1.165, 1.54) is 17.2 Å². The molecule has 1 fully saturated rings. The highest BCUT2D eigenvalue weighted by Gasteiger charge is 2.25. The van der Waals surface area contributed by atoms with Gasteiger partial charge < -0.3 is 19.6 Å². The van der Waals surface area contributed by atoms with E-state index in [1.54, 1.807) is 18.3 Å². The van der Waals surface area contributed by atoms with Crippen LogP contribution in [-0.4, -0.2) is 46.3 Å². The summed E-state index contributed by atoms with van der Waals surface area (Å²) in [6.07, 6.45) is 8.31. The molecule has 3 aromatic heterocycles. The lowest BCUT2D eigenvalue weighted by molar-refractivity contribution is -0.132. The standard InChI is InChI=1S/C21H24N4O3/c26-19(6-2-10-23-21(27)18-5-3-13-28-18)25-11-7-15(8-12-25)17-14-24-20-16(17)4-1-9-22-20/h1,3-5,9,13-15H,2,6-8,10-12H2,(H,22,24)(H,23,27). The van der Waals surface area contributed by atoms with Crippen molar-refractivity contribution >= 4 is 22.8 Å². The largest absolute Gasteiger partial charge is 0.459 e. The van der Waals surface area contributed by atoms with Crippen molar-refractivity contribution in [2.45, 2.75) is 31.6 Å². The van der Waals surface area contributed by atoms with Crippen LogP contribution in [-0.2, 0) is 4.79 Å². The smallest absolute Gasteiger partial charge is 0.286 e. The lowest BCUT2D eigenvalue weighted by Crippen LogP contribution is -2.38. The van der Waals surface area contributed by atoms with Gasteiger partial charge in [0.05, 0.1) is 6.26 Å². The maximum absolute atomic E-state index is 12.5. The van der Waals surface area contributed by atoms with Crippen LogP contribution in [0.25, 0.3) is 11.0 Å². The van der Waals surface area contributed by atoms with E-state index in [4.69, 9.17) is 4.42 Å². The summed E-state index contributed by atoms with van der Waals surface area (Å²) in [6.45, 7) is 2.01. The first-order valence-electron chi connectivity index (χ1n) is 9.74. The van der Waals surface area contributed by atoms with Crippen LogP contribution in [0.2, 0.25) is 0 Å². The number of rotatable bonds is 6. The Bertz CT molecular complexity index is 940. The molecule has 4 rings (SSSR count). The molecule has 0 aromatic carbocycles. The van der Waals surface area contributed by atoms with E-state index in [2.05, 4.69) is 27.5 Å². The average Bonchev–Trinajstić information content (AvgIpc) is 3.41. The highest BCUT2D eigenvalue weighted by atomic mass is 16.3. The van der Waals surface area contributed by atoms with Gasteiger partial charge in [0, 0.05) is 43.8 Å². The highest BCUT2D eigenvalue weighted by Crippen LogP contribution is 2.32. The van der Waals surface area contributed by atoms with Gasteiger partial charge >= 0.3 is 0 Å².